The second-order valence-electron chi connectivity index (χ2n) is 5.10. The van der Waals surface area contributed by atoms with Crippen LogP contribution in [-0.2, 0) is 0 Å². The molecule has 21 heavy (non-hydrogen) atoms. The lowest BCUT2D eigenvalue weighted by Gasteiger charge is -2.12. The fourth-order valence-corrected chi connectivity index (χ4v) is 3.01. The molecule has 114 valence electrons. The highest BCUT2D eigenvalue weighted by Crippen LogP contribution is 2.38. The largest absolute Gasteiger partial charge is 0.506 e. The van der Waals surface area contributed by atoms with Gasteiger partial charge in [0.15, 0.2) is 0 Å². The Kier molecular flexibility index (Phi) is 6.37. The number of halogens is 2. The molecule has 0 aliphatic carbocycles. The average Bonchev–Trinajstić information content (AvgIpc) is 2.51. The highest BCUT2D eigenvalue weighted by Gasteiger charge is 2.10. The first-order valence-corrected chi connectivity index (χ1v) is 9.01. The Morgan fingerprint density at radius 3 is 2.62 bits per heavy atom. The van der Waals surface area contributed by atoms with Gasteiger partial charge in [-0.3, -0.25) is 0 Å². The summed E-state index contributed by atoms with van der Waals surface area (Å²) in [6.45, 7) is 2.89. The second-order valence-corrected chi connectivity index (χ2v) is 7.25. The van der Waals surface area contributed by atoms with E-state index in [9.17, 15) is 5.11 Å². The number of fused-ring (bicyclic) bond motifs is 1. The average molecular weight is 416 g/mol. The zero-order valence-corrected chi connectivity index (χ0v) is 15.3. The van der Waals surface area contributed by atoms with Crippen molar-refractivity contribution in [2.45, 2.75) is 37.4 Å². The van der Waals surface area contributed by atoms with Crippen molar-refractivity contribution in [2.24, 2.45) is 0 Å². The van der Waals surface area contributed by atoms with E-state index in [-0.39, 0.29) is 5.75 Å². The Hall–Kier alpha value is -0.740. The monoisotopic (exact) mass is 414 g/mol. The SMILES string of the molecule is CCC(Br)CCCCOc1cc(Br)c(O)c2ccccc12. The molecule has 1 unspecified atom stereocenters. The van der Waals surface area contributed by atoms with Gasteiger partial charge in [-0.1, -0.05) is 47.1 Å². The number of aromatic hydroxyl groups is 1. The lowest BCUT2D eigenvalue weighted by atomic mass is 10.1. The van der Waals surface area contributed by atoms with E-state index < -0.39 is 0 Å². The van der Waals surface area contributed by atoms with Crippen LogP contribution in [0.15, 0.2) is 34.8 Å². The number of benzene rings is 2. The number of hydrogen-bond acceptors (Lipinski definition) is 2. The fraction of sp³-hybridized carbons (Fsp3) is 0.412. The minimum atomic E-state index is 0.267. The minimum absolute atomic E-state index is 0.267. The first kappa shape index (κ1) is 16.6. The van der Waals surface area contributed by atoms with Crippen molar-refractivity contribution in [3.63, 3.8) is 0 Å². The maximum Gasteiger partial charge on any atom is 0.137 e. The Bertz CT molecular complexity index is 599. The van der Waals surface area contributed by atoms with Crippen molar-refractivity contribution >= 4 is 42.6 Å². The predicted octanol–water partition coefficient (Wildman–Crippen LogP) is 6.03. The van der Waals surface area contributed by atoms with Crippen LogP contribution in [0.1, 0.15) is 32.6 Å². The molecule has 0 aliphatic rings. The number of unbranched alkanes of at least 4 members (excludes halogenated alkanes) is 1. The molecule has 0 fully saturated rings. The summed E-state index contributed by atoms with van der Waals surface area (Å²) in [6, 6.07) is 9.59. The molecule has 1 N–H and O–H groups in total. The molecule has 2 rings (SSSR count). The molecule has 0 amide bonds. The Morgan fingerprint density at radius 1 is 1.19 bits per heavy atom. The van der Waals surface area contributed by atoms with E-state index in [1.165, 1.54) is 6.42 Å². The first-order chi connectivity index (χ1) is 10.1. The van der Waals surface area contributed by atoms with E-state index in [4.69, 9.17) is 4.74 Å². The van der Waals surface area contributed by atoms with Crippen molar-refractivity contribution in [2.75, 3.05) is 6.61 Å². The maximum absolute atomic E-state index is 10.1. The van der Waals surface area contributed by atoms with Gasteiger partial charge >= 0.3 is 0 Å². The smallest absolute Gasteiger partial charge is 0.137 e. The lowest BCUT2D eigenvalue weighted by molar-refractivity contribution is 0.308. The number of phenols is 1. The van der Waals surface area contributed by atoms with E-state index >= 15 is 0 Å². The third kappa shape index (κ3) is 4.36. The summed E-state index contributed by atoms with van der Waals surface area (Å²) in [5.74, 6) is 1.09. The molecular weight excluding hydrogens is 396 g/mol. The van der Waals surface area contributed by atoms with Crippen LogP contribution in [0, 0.1) is 0 Å². The van der Waals surface area contributed by atoms with Gasteiger partial charge in [-0.15, -0.1) is 0 Å². The van der Waals surface area contributed by atoms with Gasteiger partial charge in [0, 0.05) is 15.6 Å². The van der Waals surface area contributed by atoms with Crippen LogP contribution >= 0.6 is 31.9 Å². The van der Waals surface area contributed by atoms with Crippen LogP contribution in [-0.4, -0.2) is 16.5 Å². The van der Waals surface area contributed by atoms with Crippen molar-refractivity contribution < 1.29 is 9.84 Å². The van der Waals surface area contributed by atoms with E-state index in [0.717, 1.165) is 35.8 Å². The minimum Gasteiger partial charge on any atom is -0.506 e. The second kappa shape index (κ2) is 8.04. The first-order valence-electron chi connectivity index (χ1n) is 7.30. The number of ether oxygens (including phenoxy) is 1. The third-order valence-electron chi connectivity index (χ3n) is 3.54. The number of phenolic OH excluding ortho intramolecular Hbond substituents is 1. The van der Waals surface area contributed by atoms with Crippen LogP contribution in [0.3, 0.4) is 0 Å². The van der Waals surface area contributed by atoms with Crippen molar-refractivity contribution in [3.05, 3.63) is 34.8 Å². The van der Waals surface area contributed by atoms with Crippen LogP contribution in [0.2, 0.25) is 0 Å². The van der Waals surface area contributed by atoms with Crippen LogP contribution in [0.5, 0.6) is 11.5 Å². The maximum atomic E-state index is 10.1. The normalized spacial score (nSPS) is 12.5. The van der Waals surface area contributed by atoms with Crippen molar-refractivity contribution in [3.8, 4) is 11.5 Å². The Morgan fingerprint density at radius 2 is 1.90 bits per heavy atom. The predicted molar refractivity (Wildman–Crippen MR) is 95.7 cm³/mol. The van der Waals surface area contributed by atoms with Gasteiger partial charge in [0.2, 0.25) is 0 Å². The van der Waals surface area contributed by atoms with Gasteiger partial charge in [0.1, 0.15) is 11.5 Å². The summed E-state index contributed by atoms with van der Waals surface area (Å²) in [7, 11) is 0. The fourth-order valence-electron chi connectivity index (χ4n) is 2.27. The van der Waals surface area contributed by atoms with E-state index in [1.807, 2.05) is 30.3 Å². The molecule has 0 bridgehead atoms. The zero-order valence-electron chi connectivity index (χ0n) is 12.1. The molecule has 4 heteroatoms. The van der Waals surface area contributed by atoms with Gasteiger partial charge in [0.05, 0.1) is 11.1 Å². The number of hydrogen-bond donors (Lipinski definition) is 1. The zero-order chi connectivity index (χ0) is 15.2. The topological polar surface area (TPSA) is 29.5 Å². The van der Waals surface area contributed by atoms with E-state index in [2.05, 4.69) is 38.8 Å². The molecule has 2 aromatic carbocycles. The molecule has 1 atom stereocenters. The van der Waals surface area contributed by atoms with E-state index in [0.29, 0.717) is 15.9 Å². The summed E-state index contributed by atoms with van der Waals surface area (Å²) >= 11 is 7.03. The standard InChI is InChI=1S/C17H20Br2O2/c1-2-12(18)7-5-6-10-21-16-11-15(19)17(20)14-9-4-3-8-13(14)16/h3-4,8-9,11-12,20H,2,5-7,10H2,1H3. The molecule has 0 saturated heterocycles. The van der Waals surface area contributed by atoms with Crippen molar-refractivity contribution in [1.29, 1.82) is 0 Å². The van der Waals surface area contributed by atoms with Gasteiger partial charge in [-0.05, 0) is 47.7 Å². The number of rotatable bonds is 7. The molecule has 2 aromatic rings. The Labute approximate surface area is 142 Å². The number of alkyl halides is 1. The van der Waals surface area contributed by atoms with Gasteiger partial charge in [-0.25, -0.2) is 0 Å². The summed E-state index contributed by atoms with van der Waals surface area (Å²) in [5, 5.41) is 11.8. The quantitative estimate of drug-likeness (QED) is 0.441. The molecule has 0 aliphatic heterocycles. The van der Waals surface area contributed by atoms with Gasteiger partial charge < -0.3 is 9.84 Å². The molecule has 0 spiro atoms. The summed E-state index contributed by atoms with van der Waals surface area (Å²) < 4.78 is 6.58. The Balaban J connectivity index is 2.01. The van der Waals surface area contributed by atoms with Crippen LogP contribution < -0.4 is 4.74 Å². The van der Waals surface area contributed by atoms with Crippen LogP contribution in [0.25, 0.3) is 10.8 Å². The van der Waals surface area contributed by atoms with Gasteiger partial charge in [0.25, 0.3) is 0 Å². The lowest BCUT2D eigenvalue weighted by Crippen LogP contribution is -2.01. The van der Waals surface area contributed by atoms with Crippen LogP contribution in [0.4, 0.5) is 0 Å². The summed E-state index contributed by atoms with van der Waals surface area (Å²) in [6.07, 6.45) is 4.53. The third-order valence-corrected chi connectivity index (χ3v) is 5.25. The highest BCUT2D eigenvalue weighted by molar-refractivity contribution is 9.10. The molecule has 0 aromatic heterocycles. The molecular formula is C17H20Br2O2. The van der Waals surface area contributed by atoms with Crippen molar-refractivity contribution in [1.82, 2.24) is 0 Å². The molecule has 0 heterocycles. The van der Waals surface area contributed by atoms with Gasteiger partial charge in [-0.2, -0.15) is 0 Å². The summed E-state index contributed by atoms with van der Waals surface area (Å²) in [5.41, 5.74) is 0. The molecule has 0 radical (unpaired) electrons. The highest BCUT2D eigenvalue weighted by atomic mass is 79.9. The summed E-state index contributed by atoms with van der Waals surface area (Å²) in [4.78, 5) is 0.612. The molecule has 0 saturated carbocycles. The van der Waals surface area contributed by atoms with E-state index in [1.54, 1.807) is 0 Å². The molecule has 2 nitrogen and oxygen atoms in total.